The van der Waals surface area contributed by atoms with Crippen LogP contribution in [-0.2, 0) is 0 Å². The number of rotatable bonds is 3. The van der Waals surface area contributed by atoms with Gasteiger partial charge in [-0.15, -0.1) is 0 Å². The Kier molecular flexibility index (Phi) is 2.13. The van der Waals surface area contributed by atoms with Gasteiger partial charge in [-0.2, -0.15) is 0 Å². The van der Waals surface area contributed by atoms with Crippen molar-refractivity contribution in [1.82, 2.24) is 0 Å². The molecule has 1 aliphatic rings. The monoisotopic (exact) mass is 176 g/mol. The zero-order valence-electron chi connectivity index (χ0n) is 7.96. The summed E-state index contributed by atoms with van der Waals surface area (Å²) in [5, 5.41) is 3.46. The van der Waals surface area contributed by atoms with Crippen molar-refractivity contribution in [2.75, 3.05) is 11.1 Å². The van der Waals surface area contributed by atoms with E-state index in [2.05, 4.69) is 12.2 Å². The third-order valence-corrected chi connectivity index (χ3v) is 2.75. The smallest absolute Gasteiger partial charge is 0.0576 e. The van der Waals surface area contributed by atoms with Crippen LogP contribution >= 0.6 is 0 Å². The molecular weight excluding hydrogens is 160 g/mol. The predicted molar refractivity (Wildman–Crippen MR) is 56.7 cm³/mol. The summed E-state index contributed by atoms with van der Waals surface area (Å²) in [6, 6.07) is 8.62. The molecule has 2 rings (SSSR count). The van der Waals surface area contributed by atoms with Crippen LogP contribution in [0.4, 0.5) is 11.4 Å². The van der Waals surface area contributed by atoms with Gasteiger partial charge in [0, 0.05) is 6.04 Å². The highest BCUT2D eigenvalue weighted by Crippen LogP contribution is 2.37. The number of benzene rings is 1. The van der Waals surface area contributed by atoms with Crippen molar-refractivity contribution >= 4 is 11.4 Å². The van der Waals surface area contributed by atoms with E-state index in [1.807, 2.05) is 24.3 Å². The fourth-order valence-corrected chi connectivity index (χ4v) is 1.70. The van der Waals surface area contributed by atoms with E-state index in [0.717, 1.165) is 17.3 Å². The number of hydrogen-bond donors (Lipinski definition) is 2. The highest BCUT2D eigenvalue weighted by molar-refractivity contribution is 5.66. The maximum absolute atomic E-state index is 5.82. The quantitative estimate of drug-likeness (QED) is 0.694. The lowest BCUT2D eigenvalue weighted by Gasteiger charge is -2.07. The first kappa shape index (κ1) is 8.42. The van der Waals surface area contributed by atoms with Crippen LogP contribution in [0.2, 0.25) is 0 Å². The first-order valence-corrected chi connectivity index (χ1v) is 4.92. The van der Waals surface area contributed by atoms with Gasteiger partial charge in [0.25, 0.3) is 0 Å². The molecular formula is C11H16N2. The summed E-state index contributed by atoms with van der Waals surface area (Å²) in [6.45, 7) is 2.24. The standard InChI is InChI=1S/C11H16N2/c1-2-8-7-11(8)13-10-6-4-3-5-9(10)12/h3-6,8,11,13H,2,7,12H2,1H3. The maximum atomic E-state index is 5.82. The third-order valence-electron chi connectivity index (χ3n) is 2.75. The summed E-state index contributed by atoms with van der Waals surface area (Å²) in [6.07, 6.45) is 2.56. The van der Waals surface area contributed by atoms with E-state index in [1.165, 1.54) is 12.8 Å². The van der Waals surface area contributed by atoms with Crippen LogP contribution < -0.4 is 11.1 Å². The summed E-state index contributed by atoms with van der Waals surface area (Å²) in [7, 11) is 0. The Morgan fingerprint density at radius 3 is 2.85 bits per heavy atom. The lowest BCUT2D eigenvalue weighted by molar-refractivity contribution is 0.775. The van der Waals surface area contributed by atoms with Gasteiger partial charge in [0.1, 0.15) is 0 Å². The molecule has 2 unspecified atom stereocenters. The number of nitrogen functional groups attached to an aromatic ring is 1. The van der Waals surface area contributed by atoms with E-state index >= 15 is 0 Å². The SMILES string of the molecule is CCC1CC1Nc1ccccc1N. The molecule has 0 spiro atoms. The van der Waals surface area contributed by atoms with Crippen molar-refractivity contribution in [3.05, 3.63) is 24.3 Å². The summed E-state index contributed by atoms with van der Waals surface area (Å²) in [5.41, 5.74) is 7.76. The van der Waals surface area contributed by atoms with Crippen LogP contribution in [0.3, 0.4) is 0 Å². The molecule has 2 atom stereocenters. The van der Waals surface area contributed by atoms with Crippen LogP contribution in [0.15, 0.2) is 24.3 Å². The second kappa shape index (κ2) is 3.29. The highest BCUT2D eigenvalue weighted by Gasteiger charge is 2.35. The first-order chi connectivity index (χ1) is 6.31. The zero-order valence-corrected chi connectivity index (χ0v) is 7.96. The van der Waals surface area contributed by atoms with Gasteiger partial charge in [-0.1, -0.05) is 25.5 Å². The van der Waals surface area contributed by atoms with Crippen molar-refractivity contribution in [2.24, 2.45) is 5.92 Å². The van der Waals surface area contributed by atoms with Crippen molar-refractivity contribution in [2.45, 2.75) is 25.8 Å². The molecule has 1 saturated carbocycles. The minimum absolute atomic E-state index is 0.662. The van der Waals surface area contributed by atoms with E-state index in [0.29, 0.717) is 6.04 Å². The first-order valence-electron chi connectivity index (χ1n) is 4.92. The summed E-state index contributed by atoms with van der Waals surface area (Å²) >= 11 is 0. The van der Waals surface area contributed by atoms with Gasteiger partial charge in [0.2, 0.25) is 0 Å². The molecule has 0 heterocycles. The Balaban J connectivity index is 1.99. The lowest BCUT2D eigenvalue weighted by Crippen LogP contribution is -2.06. The maximum Gasteiger partial charge on any atom is 0.0576 e. The third kappa shape index (κ3) is 1.77. The van der Waals surface area contributed by atoms with Gasteiger partial charge in [0.15, 0.2) is 0 Å². The molecule has 1 fully saturated rings. The Bertz CT molecular complexity index is 296. The fraction of sp³-hybridized carbons (Fsp3) is 0.455. The number of para-hydroxylation sites is 2. The molecule has 0 bridgehead atoms. The molecule has 1 aromatic carbocycles. The number of hydrogen-bond acceptors (Lipinski definition) is 2. The molecule has 0 aliphatic heterocycles. The van der Waals surface area contributed by atoms with E-state index in [9.17, 15) is 0 Å². The zero-order chi connectivity index (χ0) is 9.26. The van der Waals surface area contributed by atoms with Gasteiger partial charge in [-0.3, -0.25) is 0 Å². The molecule has 0 saturated heterocycles. The van der Waals surface area contributed by atoms with Crippen molar-refractivity contribution in [3.8, 4) is 0 Å². The number of nitrogens with two attached hydrogens (primary N) is 1. The number of anilines is 2. The normalized spacial score (nSPS) is 25.6. The van der Waals surface area contributed by atoms with Gasteiger partial charge in [-0.25, -0.2) is 0 Å². The second-order valence-electron chi connectivity index (χ2n) is 3.74. The van der Waals surface area contributed by atoms with Crippen molar-refractivity contribution in [1.29, 1.82) is 0 Å². The van der Waals surface area contributed by atoms with Crippen molar-refractivity contribution < 1.29 is 0 Å². The van der Waals surface area contributed by atoms with E-state index in [4.69, 9.17) is 5.73 Å². The van der Waals surface area contributed by atoms with Crippen LogP contribution in [-0.4, -0.2) is 6.04 Å². The molecule has 2 nitrogen and oxygen atoms in total. The Morgan fingerprint density at radius 1 is 1.46 bits per heavy atom. The van der Waals surface area contributed by atoms with Crippen molar-refractivity contribution in [3.63, 3.8) is 0 Å². The Morgan fingerprint density at radius 2 is 2.23 bits per heavy atom. The van der Waals surface area contributed by atoms with Gasteiger partial charge < -0.3 is 11.1 Å². The van der Waals surface area contributed by atoms with Gasteiger partial charge >= 0.3 is 0 Å². The predicted octanol–water partition coefficient (Wildman–Crippen LogP) is 2.48. The second-order valence-corrected chi connectivity index (χ2v) is 3.74. The average molecular weight is 176 g/mol. The fourth-order valence-electron chi connectivity index (χ4n) is 1.70. The van der Waals surface area contributed by atoms with Gasteiger partial charge in [-0.05, 0) is 24.5 Å². The molecule has 3 N–H and O–H groups in total. The van der Waals surface area contributed by atoms with E-state index < -0.39 is 0 Å². The largest absolute Gasteiger partial charge is 0.397 e. The summed E-state index contributed by atoms with van der Waals surface area (Å²) in [4.78, 5) is 0. The Labute approximate surface area is 79.1 Å². The molecule has 13 heavy (non-hydrogen) atoms. The summed E-state index contributed by atoms with van der Waals surface area (Å²) < 4.78 is 0. The average Bonchev–Trinajstić information content (AvgIpc) is 2.88. The van der Waals surface area contributed by atoms with Crippen LogP contribution in [0, 0.1) is 5.92 Å². The van der Waals surface area contributed by atoms with Gasteiger partial charge in [0.05, 0.1) is 11.4 Å². The molecule has 0 aromatic heterocycles. The van der Waals surface area contributed by atoms with E-state index in [-0.39, 0.29) is 0 Å². The minimum atomic E-state index is 0.662. The topological polar surface area (TPSA) is 38.0 Å². The molecule has 0 radical (unpaired) electrons. The molecule has 0 amide bonds. The highest BCUT2D eigenvalue weighted by atomic mass is 15.0. The summed E-state index contributed by atoms with van der Waals surface area (Å²) in [5.74, 6) is 0.861. The molecule has 2 heteroatoms. The molecule has 1 aliphatic carbocycles. The Hall–Kier alpha value is -1.18. The number of nitrogens with one attached hydrogen (secondary N) is 1. The van der Waals surface area contributed by atoms with Crippen LogP contribution in [0.1, 0.15) is 19.8 Å². The lowest BCUT2D eigenvalue weighted by atomic mass is 10.2. The van der Waals surface area contributed by atoms with E-state index in [1.54, 1.807) is 0 Å². The van der Waals surface area contributed by atoms with Crippen LogP contribution in [0.5, 0.6) is 0 Å². The minimum Gasteiger partial charge on any atom is -0.397 e. The molecule has 1 aromatic rings. The molecule has 70 valence electrons. The van der Waals surface area contributed by atoms with Crippen LogP contribution in [0.25, 0.3) is 0 Å².